The van der Waals surface area contributed by atoms with Gasteiger partial charge in [0.25, 0.3) is 11.7 Å². The summed E-state index contributed by atoms with van der Waals surface area (Å²) in [5.41, 5.74) is 2.80. The van der Waals surface area contributed by atoms with Gasteiger partial charge in [0.15, 0.2) is 0 Å². The van der Waals surface area contributed by atoms with Crippen LogP contribution in [0.3, 0.4) is 0 Å². The van der Waals surface area contributed by atoms with E-state index < -0.39 is 17.7 Å². The van der Waals surface area contributed by atoms with Crippen LogP contribution in [0.25, 0.3) is 5.76 Å². The molecule has 3 aromatic carbocycles. The molecule has 186 valence electrons. The highest BCUT2D eigenvalue weighted by molar-refractivity contribution is 6.46. The van der Waals surface area contributed by atoms with Crippen molar-refractivity contribution < 1.29 is 24.2 Å². The number of aliphatic hydroxyl groups excluding tert-OH is 1. The molecule has 1 amide bonds. The standard InChI is InChI=1S/C29H28ClNO5/c1-4-15-36-24-14-9-21(16-18(24)2)27(32)25-26(20-7-10-22(30)11-8-20)31(29(34)28(25)33)17-19-5-12-23(35-3)13-6-19/h5-14,16,26,32H,4,15,17H2,1-3H3/b27-25-. The van der Waals surface area contributed by atoms with Gasteiger partial charge in [-0.2, -0.15) is 0 Å². The zero-order valence-electron chi connectivity index (χ0n) is 20.5. The second-order valence-electron chi connectivity index (χ2n) is 8.66. The Morgan fingerprint density at radius 2 is 1.72 bits per heavy atom. The molecule has 1 heterocycles. The van der Waals surface area contributed by atoms with E-state index in [9.17, 15) is 14.7 Å². The molecule has 7 heteroatoms. The van der Waals surface area contributed by atoms with Gasteiger partial charge in [-0.25, -0.2) is 0 Å². The third-order valence-corrected chi connectivity index (χ3v) is 6.40. The Morgan fingerprint density at radius 3 is 2.33 bits per heavy atom. The largest absolute Gasteiger partial charge is 0.507 e. The monoisotopic (exact) mass is 505 g/mol. The van der Waals surface area contributed by atoms with Crippen LogP contribution in [0.15, 0.2) is 72.3 Å². The first-order valence-electron chi connectivity index (χ1n) is 11.7. The Labute approximate surface area is 215 Å². The topological polar surface area (TPSA) is 76.1 Å². The summed E-state index contributed by atoms with van der Waals surface area (Å²) in [6.45, 7) is 4.67. The summed E-state index contributed by atoms with van der Waals surface area (Å²) in [4.78, 5) is 28.0. The van der Waals surface area contributed by atoms with Gasteiger partial charge >= 0.3 is 0 Å². The molecule has 1 unspecified atom stereocenters. The second kappa shape index (κ2) is 10.9. The average molecular weight is 506 g/mol. The van der Waals surface area contributed by atoms with Crippen molar-refractivity contribution in [2.75, 3.05) is 13.7 Å². The summed E-state index contributed by atoms with van der Waals surface area (Å²) < 4.78 is 11.0. The summed E-state index contributed by atoms with van der Waals surface area (Å²) in [6, 6.07) is 18.7. The van der Waals surface area contributed by atoms with Crippen molar-refractivity contribution in [2.45, 2.75) is 32.9 Å². The summed E-state index contributed by atoms with van der Waals surface area (Å²) >= 11 is 6.10. The van der Waals surface area contributed by atoms with Crippen molar-refractivity contribution in [3.63, 3.8) is 0 Å². The molecular formula is C29H28ClNO5. The molecule has 4 rings (SSSR count). The van der Waals surface area contributed by atoms with Crippen LogP contribution < -0.4 is 9.47 Å². The van der Waals surface area contributed by atoms with Crippen LogP contribution in [-0.4, -0.2) is 35.4 Å². The van der Waals surface area contributed by atoms with E-state index in [4.69, 9.17) is 21.1 Å². The number of hydrogen-bond donors (Lipinski definition) is 1. The fourth-order valence-corrected chi connectivity index (χ4v) is 4.41. The van der Waals surface area contributed by atoms with E-state index in [0.717, 1.165) is 17.5 Å². The predicted octanol–water partition coefficient (Wildman–Crippen LogP) is 6.07. The number of amides is 1. The van der Waals surface area contributed by atoms with Crippen LogP contribution in [0.5, 0.6) is 11.5 Å². The lowest BCUT2D eigenvalue weighted by molar-refractivity contribution is -0.140. The van der Waals surface area contributed by atoms with Gasteiger partial charge in [0.1, 0.15) is 17.3 Å². The Hall–Kier alpha value is -3.77. The highest BCUT2D eigenvalue weighted by Crippen LogP contribution is 2.41. The first-order valence-corrected chi connectivity index (χ1v) is 12.1. The lowest BCUT2D eigenvalue weighted by Crippen LogP contribution is -2.29. The minimum Gasteiger partial charge on any atom is -0.507 e. The zero-order chi connectivity index (χ0) is 25.8. The van der Waals surface area contributed by atoms with Gasteiger partial charge in [-0.15, -0.1) is 0 Å². The van der Waals surface area contributed by atoms with E-state index in [1.165, 1.54) is 4.90 Å². The lowest BCUT2D eigenvalue weighted by atomic mass is 9.94. The maximum Gasteiger partial charge on any atom is 0.295 e. The molecule has 1 aliphatic rings. The predicted molar refractivity (Wildman–Crippen MR) is 139 cm³/mol. The normalized spacial score (nSPS) is 16.9. The molecule has 0 aromatic heterocycles. The fourth-order valence-electron chi connectivity index (χ4n) is 4.29. The first kappa shape index (κ1) is 25.3. The molecule has 0 aliphatic carbocycles. The SMILES string of the molecule is CCCOc1ccc(/C(O)=C2/C(=O)C(=O)N(Cc3ccc(OC)cc3)C2c2ccc(Cl)cc2)cc1C. The molecule has 36 heavy (non-hydrogen) atoms. The first-order chi connectivity index (χ1) is 17.3. The number of rotatable bonds is 8. The summed E-state index contributed by atoms with van der Waals surface area (Å²) in [5, 5.41) is 11.9. The number of halogens is 1. The quantitative estimate of drug-likeness (QED) is 0.228. The molecule has 1 fully saturated rings. The number of nitrogens with zero attached hydrogens (tertiary/aromatic N) is 1. The maximum atomic E-state index is 13.3. The van der Waals surface area contributed by atoms with E-state index in [-0.39, 0.29) is 17.9 Å². The van der Waals surface area contributed by atoms with Crippen molar-refractivity contribution in [3.8, 4) is 11.5 Å². The van der Waals surface area contributed by atoms with Gasteiger partial charge in [0, 0.05) is 17.1 Å². The van der Waals surface area contributed by atoms with E-state index in [1.54, 1.807) is 61.7 Å². The number of methoxy groups -OCH3 is 1. The lowest BCUT2D eigenvalue weighted by Gasteiger charge is -2.25. The molecule has 1 atom stereocenters. The number of carbonyl (C=O) groups is 2. The summed E-state index contributed by atoms with van der Waals surface area (Å²) in [6.07, 6.45) is 0.875. The number of aliphatic hydroxyl groups is 1. The van der Waals surface area contributed by atoms with Crippen LogP contribution in [0.1, 0.15) is 41.6 Å². The molecular weight excluding hydrogens is 478 g/mol. The summed E-state index contributed by atoms with van der Waals surface area (Å²) in [5.74, 6) is -0.230. The molecule has 0 spiro atoms. The average Bonchev–Trinajstić information content (AvgIpc) is 3.13. The van der Waals surface area contributed by atoms with Crippen LogP contribution >= 0.6 is 11.6 Å². The van der Waals surface area contributed by atoms with Gasteiger partial charge in [-0.3, -0.25) is 9.59 Å². The van der Waals surface area contributed by atoms with Crippen LogP contribution in [-0.2, 0) is 16.1 Å². The molecule has 1 aliphatic heterocycles. The number of aryl methyl sites for hydroxylation is 1. The van der Waals surface area contributed by atoms with E-state index in [0.29, 0.717) is 34.3 Å². The highest BCUT2D eigenvalue weighted by Gasteiger charge is 2.46. The van der Waals surface area contributed by atoms with Gasteiger partial charge in [-0.1, -0.05) is 42.8 Å². The van der Waals surface area contributed by atoms with Crippen LogP contribution in [0.4, 0.5) is 0 Å². The number of ketones is 1. The maximum absolute atomic E-state index is 13.3. The number of Topliss-reactive ketones (excluding diaryl/α,β-unsaturated/α-hetero) is 1. The van der Waals surface area contributed by atoms with Crippen LogP contribution in [0.2, 0.25) is 5.02 Å². The Morgan fingerprint density at radius 1 is 1.03 bits per heavy atom. The smallest absolute Gasteiger partial charge is 0.295 e. The van der Waals surface area contributed by atoms with Crippen molar-refractivity contribution in [2.24, 2.45) is 0 Å². The highest BCUT2D eigenvalue weighted by atomic mass is 35.5. The van der Waals surface area contributed by atoms with Gasteiger partial charge in [0.05, 0.1) is 25.3 Å². The Balaban J connectivity index is 1.79. The molecule has 0 radical (unpaired) electrons. The fraction of sp³-hybridized carbons (Fsp3) is 0.241. The molecule has 3 aromatic rings. The number of benzene rings is 3. The van der Waals surface area contributed by atoms with Crippen LogP contribution in [0, 0.1) is 6.92 Å². The van der Waals surface area contributed by atoms with E-state index >= 15 is 0 Å². The van der Waals surface area contributed by atoms with E-state index in [2.05, 4.69) is 0 Å². The zero-order valence-corrected chi connectivity index (χ0v) is 21.2. The van der Waals surface area contributed by atoms with Crippen molar-refractivity contribution in [3.05, 3.63) is 99.6 Å². The number of carbonyl (C=O) groups excluding carboxylic acids is 2. The third-order valence-electron chi connectivity index (χ3n) is 6.15. The second-order valence-corrected chi connectivity index (χ2v) is 9.09. The minimum atomic E-state index is -0.777. The third kappa shape index (κ3) is 5.09. The van der Waals surface area contributed by atoms with E-state index in [1.807, 2.05) is 26.0 Å². The van der Waals surface area contributed by atoms with Gasteiger partial charge < -0.3 is 19.5 Å². The molecule has 0 saturated carbocycles. The Kier molecular flexibility index (Phi) is 7.65. The molecule has 6 nitrogen and oxygen atoms in total. The number of hydrogen-bond acceptors (Lipinski definition) is 5. The van der Waals surface area contributed by atoms with Crippen molar-refractivity contribution in [1.82, 2.24) is 4.90 Å². The summed E-state index contributed by atoms with van der Waals surface area (Å²) in [7, 11) is 1.58. The van der Waals surface area contributed by atoms with Crippen molar-refractivity contribution >= 4 is 29.1 Å². The number of ether oxygens (including phenoxy) is 2. The molecule has 0 bridgehead atoms. The minimum absolute atomic E-state index is 0.0393. The molecule has 1 saturated heterocycles. The number of likely N-dealkylation sites (tertiary alicyclic amines) is 1. The van der Waals surface area contributed by atoms with Gasteiger partial charge in [0.2, 0.25) is 0 Å². The van der Waals surface area contributed by atoms with Crippen molar-refractivity contribution in [1.29, 1.82) is 0 Å². The van der Waals surface area contributed by atoms with Gasteiger partial charge in [-0.05, 0) is 72.5 Å². The Bertz CT molecular complexity index is 1300. The molecule has 1 N–H and O–H groups in total.